The highest BCUT2D eigenvalue weighted by molar-refractivity contribution is 6.23. The van der Waals surface area contributed by atoms with Crippen LogP contribution in [0, 0.1) is 0 Å². The summed E-state index contributed by atoms with van der Waals surface area (Å²) in [7, 11) is 0. The van der Waals surface area contributed by atoms with E-state index in [0.717, 1.165) is 0 Å². The third kappa shape index (κ3) is 4.71. The van der Waals surface area contributed by atoms with Crippen molar-refractivity contribution in [2.24, 2.45) is 10.9 Å². The fourth-order valence-corrected chi connectivity index (χ4v) is 1.81. The van der Waals surface area contributed by atoms with Crippen LogP contribution in [-0.4, -0.2) is 50.2 Å². The predicted molar refractivity (Wildman–Crippen MR) is 64.5 cm³/mol. The fraction of sp³-hybridized carbons (Fsp3) is 0.889. The van der Waals surface area contributed by atoms with Gasteiger partial charge in [-0.1, -0.05) is 0 Å². The molecule has 2 unspecified atom stereocenters. The van der Waals surface area contributed by atoms with E-state index in [1.807, 2.05) is 0 Å². The van der Waals surface area contributed by atoms with Crippen LogP contribution in [0.4, 0.5) is 43.9 Å². The second kappa shape index (κ2) is 6.78. The Bertz CT molecular complexity index is 438. The van der Waals surface area contributed by atoms with Crippen molar-refractivity contribution in [1.82, 2.24) is 0 Å². The molecule has 0 aliphatic carbocycles. The van der Waals surface area contributed by atoms with E-state index in [1.54, 1.807) is 0 Å². The minimum atomic E-state index is -6.24. The van der Waals surface area contributed by atoms with Crippen molar-refractivity contribution in [3.63, 3.8) is 0 Å². The molecule has 0 heterocycles. The number of nitrogens with two attached hydrogens (primary N) is 1. The molecule has 150 valence electrons. The van der Waals surface area contributed by atoms with Crippen LogP contribution in [0.15, 0.2) is 5.10 Å². The highest BCUT2D eigenvalue weighted by Crippen LogP contribution is 2.50. The molecular weight excluding hydrogens is 429 g/mol. The minimum absolute atomic E-state index is 1.92. The molecule has 0 aliphatic rings. The summed E-state index contributed by atoms with van der Waals surface area (Å²) in [5.74, 6) is 4.42. The lowest BCUT2D eigenvalue weighted by Gasteiger charge is -2.37. The van der Waals surface area contributed by atoms with Gasteiger partial charge in [0.25, 0.3) is 0 Å². The van der Waals surface area contributed by atoms with Gasteiger partial charge in [-0.2, -0.15) is 49.0 Å². The summed E-state index contributed by atoms with van der Waals surface area (Å²) >= 11 is 8.24. The first-order valence-electron chi connectivity index (χ1n) is 5.61. The van der Waals surface area contributed by atoms with Gasteiger partial charge in [-0.25, -0.2) is 0 Å². The molecule has 0 spiro atoms. The largest absolute Gasteiger partial charge is 0.424 e. The third-order valence-electron chi connectivity index (χ3n) is 2.98. The molecule has 4 nitrogen and oxygen atoms in total. The van der Waals surface area contributed by atoms with E-state index < -0.39 is 52.9 Å². The molecule has 25 heavy (non-hydrogen) atoms. The van der Waals surface area contributed by atoms with Gasteiger partial charge in [0.15, 0.2) is 0 Å². The third-order valence-corrected chi connectivity index (χ3v) is 3.60. The molecule has 0 bridgehead atoms. The Morgan fingerprint density at radius 1 is 0.720 bits per heavy atom. The summed E-state index contributed by atoms with van der Waals surface area (Å²) in [5, 5.41) is 9.32. The van der Waals surface area contributed by atoms with Gasteiger partial charge in [-0.05, 0) is 23.2 Å². The van der Waals surface area contributed by atoms with E-state index in [9.17, 15) is 43.9 Å². The molecule has 0 aromatic rings. The van der Waals surface area contributed by atoms with E-state index in [0.29, 0.717) is 0 Å². The van der Waals surface area contributed by atoms with E-state index in [1.165, 1.54) is 0 Å². The van der Waals surface area contributed by atoms with Crippen LogP contribution in [0.2, 0.25) is 0 Å². The van der Waals surface area contributed by atoms with Gasteiger partial charge in [-0.3, -0.25) is 0 Å². The lowest BCUT2D eigenvalue weighted by molar-refractivity contribution is -0.311. The van der Waals surface area contributed by atoms with Crippen LogP contribution in [0.1, 0.15) is 12.8 Å². The summed E-state index contributed by atoms with van der Waals surface area (Å²) in [6.07, 6.45) is -17.6. The SMILES string of the molecule is NN=C(CC(O)(C(F)(F)F)C(F)(F)Cl)CC(O)(C(F)(F)F)C(F)(F)Cl. The number of nitrogens with zero attached hydrogens (tertiary/aromatic N) is 1. The number of hydrazone groups is 1. The van der Waals surface area contributed by atoms with E-state index in [-0.39, 0.29) is 0 Å². The Morgan fingerprint density at radius 3 is 1.08 bits per heavy atom. The van der Waals surface area contributed by atoms with Crippen molar-refractivity contribution in [2.75, 3.05) is 0 Å². The number of alkyl halides is 12. The van der Waals surface area contributed by atoms with Gasteiger partial charge < -0.3 is 16.1 Å². The average molecular weight is 437 g/mol. The molecule has 0 rings (SSSR count). The quantitative estimate of drug-likeness (QED) is 0.196. The van der Waals surface area contributed by atoms with Gasteiger partial charge in [-0.15, -0.1) is 0 Å². The van der Waals surface area contributed by atoms with Crippen LogP contribution in [0.3, 0.4) is 0 Å². The zero-order valence-corrected chi connectivity index (χ0v) is 12.9. The fourth-order valence-electron chi connectivity index (χ4n) is 1.47. The smallest absolute Gasteiger partial charge is 0.375 e. The Kier molecular flexibility index (Phi) is 6.58. The van der Waals surface area contributed by atoms with Crippen molar-refractivity contribution < 1.29 is 54.1 Å². The molecule has 0 aromatic heterocycles. The van der Waals surface area contributed by atoms with Crippen molar-refractivity contribution in [1.29, 1.82) is 0 Å². The van der Waals surface area contributed by atoms with Crippen LogP contribution >= 0.6 is 23.2 Å². The molecule has 0 radical (unpaired) electrons. The molecule has 0 saturated carbocycles. The van der Waals surface area contributed by atoms with Crippen LogP contribution in [0.25, 0.3) is 0 Å². The molecule has 0 aliphatic heterocycles. The average Bonchev–Trinajstić information content (AvgIpc) is 2.31. The maximum atomic E-state index is 12.9. The molecule has 0 fully saturated rings. The first-order chi connectivity index (χ1) is 10.6. The molecular formula is C9H8Cl2F10N2O2. The van der Waals surface area contributed by atoms with Crippen LogP contribution < -0.4 is 5.84 Å². The van der Waals surface area contributed by atoms with Crippen LogP contribution in [0.5, 0.6) is 0 Å². The Morgan fingerprint density at radius 2 is 0.960 bits per heavy atom. The summed E-state index contributed by atoms with van der Waals surface area (Å²) in [4.78, 5) is 0. The van der Waals surface area contributed by atoms with Gasteiger partial charge in [0.05, 0.1) is 0 Å². The second-order valence-electron chi connectivity index (χ2n) is 4.76. The predicted octanol–water partition coefficient (Wildman–Crippen LogP) is 3.33. The van der Waals surface area contributed by atoms with Crippen molar-refractivity contribution >= 4 is 28.9 Å². The number of halogens is 12. The summed E-state index contributed by atoms with van der Waals surface area (Å²) in [6, 6.07) is 0. The molecule has 0 saturated heterocycles. The van der Waals surface area contributed by atoms with E-state index >= 15 is 0 Å². The number of rotatable bonds is 6. The second-order valence-corrected chi connectivity index (χ2v) is 5.71. The maximum absolute atomic E-state index is 12.9. The zero-order chi connectivity index (χ0) is 20.7. The Balaban J connectivity index is 6.00. The normalized spacial score (nSPS) is 19.1. The molecule has 0 aromatic carbocycles. The first-order valence-corrected chi connectivity index (χ1v) is 6.37. The van der Waals surface area contributed by atoms with Crippen LogP contribution in [-0.2, 0) is 0 Å². The maximum Gasteiger partial charge on any atom is 0.424 e. The summed E-state index contributed by atoms with van der Waals surface area (Å²) in [5.41, 5.74) is -12.4. The number of hydrogen-bond acceptors (Lipinski definition) is 4. The molecule has 2 atom stereocenters. The first kappa shape index (κ1) is 24.3. The lowest BCUT2D eigenvalue weighted by Crippen LogP contribution is -2.60. The summed E-state index contributed by atoms with van der Waals surface area (Å²) < 4.78 is 127. The molecule has 16 heteroatoms. The van der Waals surface area contributed by atoms with Gasteiger partial charge in [0.1, 0.15) is 0 Å². The van der Waals surface area contributed by atoms with E-state index in [2.05, 4.69) is 34.1 Å². The Labute approximate surface area is 142 Å². The standard InChI is InChI=1S/C9H8Cl2F10N2O2/c10-6(12,13)4(24,8(16,17)18)1-3(23-22)2-5(25,7(11,14)15)9(19,20)21/h24-25H,1-2,22H2. The minimum Gasteiger partial charge on any atom is -0.375 e. The molecule has 4 N–H and O–H groups in total. The topological polar surface area (TPSA) is 78.8 Å². The molecule has 0 amide bonds. The highest BCUT2D eigenvalue weighted by Gasteiger charge is 2.72. The monoisotopic (exact) mass is 436 g/mol. The van der Waals surface area contributed by atoms with Crippen molar-refractivity contribution in [2.45, 2.75) is 47.2 Å². The van der Waals surface area contributed by atoms with Gasteiger partial charge in [0.2, 0.25) is 11.2 Å². The zero-order valence-electron chi connectivity index (χ0n) is 11.4. The summed E-state index contributed by atoms with van der Waals surface area (Å²) in [6.45, 7) is 0. The van der Waals surface area contributed by atoms with Gasteiger partial charge >= 0.3 is 23.1 Å². The van der Waals surface area contributed by atoms with E-state index in [4.69, 9.17) is 10.2 Å². The number of aliphatic hydroxyl groups is 2. The van der Waals surface area contributed by atoms with Crippen molar-refractivity contribution in [3.05, 3.63) is 0 Å². The van der Waals surface area contributed by atoms with Crippen molar-refractivity contribution in [3.8, 4) is 0 Å². The Hall–Kier alpha value is -0.730. The highest BCUT2D eigenvalue weighted by atomic mass is 35.5. The van der Waals surface area contributed by atoms with Gasteiger partial charge in [0, 0.05) is 18.6 Å². The lowest BCUT2D eigenvalue weighted by atomic mass is 9.88. The number of hydrogen-bond donors (Lipinski definition) is 3.